The Kier molecular flexibility index (Phi) is 2.37. The van der Waals surface area contributed by atoms with E-state index in [1.807, 2.05) is 0 Å². The highest BCUT2D eigenvalue weighted by molar-refractivity contribution is 5.58. The molecule has 0 spiro atoms. The number of aryl methyl sites for hydroxylation is 1. The number of benzene rings is 1. The van der Waals surface area contributed by atoms with Crippen LogP contribution in [0.2, 0.25) is 0 Å². The zero-order valence-electron chi connectivity index (χ0n) is 8.04. The summed E-state index contributed by atoms with van der Waals surface area (Å²) >= 11 is 0. The van der Waals surface area contributed by atoms with Gasteiger partial charge >= 0.3 is 0 Å². The van der Waals surface area contributed by atoms with Gasteiger partial charge in [-0.15, -0.1) is 0 Å². The molecule has 0 unspecified atom stereocenters. The lowest BCUT2D eigenvalue weighted by Gasteiger charge is -2.04. The first kappa shape index (κ1) is 9.64. The average Bonchev–Trinajstić information content (AvgIpc) is 2.59. The van der Waals surface area contributed by atoms with Gasteiger partial charge in [0.2, 0.25) is 0 Å². The third kappa shape index (κ3) is 1.96. The van der Waals surface area contributed by atoms with Gasteiger partial charge in [-0.05, 0) is 12.1 Å². The fraction of sp³-hybridized carbons (Fsp3) is 0.100. The molecule has 0 atom stereocenters. The zero-order chi connectivity index (χ0) is 10.8. The topological polar surface area (TPSA) is 29.9 Å². The Bertz CT molecular complexity index is 479. The molecule has 1 N–H and O–H groups in total. The lowest BCUT2D eigenvalue weighted by Crippen LogP contribution is -1.95. The van der Waals surface area contributed by atoms with Crippen molar-refractivity contribution in [2.45, 2.75) is 0 Å². The normalized spacial score (nSPS) is 10.3. The molecule has 0 fully saturated rings. The van der Waals surface area contributed by atoms with E-state index < -0.39 is 11.6 Å². The second-order valence-electron chi connectivity index (χ2n) is 3.13. The number of rotatable bonds is 2. The summed E-state index contributed by atoms with van der Waals surface area (Å²) in [4.78, 5) is 0. The number of hydrogen-bond acceptors (Lipinski definition) is 2. The minimum atomic E-state index is -0.888. The van der Waals surface area contributed by atoms with E-state index in [0.717, 1.165) is 6.07 Å². The Morgan fingerprint density at radius 1 is 1.33 bits per heavy atom. The Hall–Kier alpha value is -1.91. The van der Waals surface area contributed by atoms with Crippen LogP contribution in [0.25, 0.3) is 0 Å². The van der Waals surface area contributed by atoms with Crippen molar-refractivity contribution in [3.63, 3.8) is 0 Å². The van der Waals surface area contributed by atoms with Gasteiger partial charge in [-0.1, -0.05) is 6.07 Å². The Labute approximate surface area is 85.3 Å². The number of anilines is 2. The molecule has 0 aliphatic carbocycles. The fourth-order valence-electron chi connectivity index (χ4n) is 1.24. The molecule has 1 heterocycles. The molecule has 78 valence electrons. The first-order valence-electron chi connectivity index (χ1n) is 4.36. The van der Waals surface area contributed by atoms with Crippen LogP contribution in [-0.4, -0.2) is 9.78 Å². The van der Waals surface area contributed by atoms with Gasteiger partial charge in [0, 0.05) is 13.2 Å². The summed E-state index contributed by atoms with van der Waals surface area (Å²) in [6.07, 6.45) is 3.20. The second kappa shape index (κ2) is 3.68. The van der Waals surface area contributed by atoms with Crippen molar-refractivity contribution in [3.8, 4) is 0 Å². The molecule has 0 aliphatic rings. The summed E-state index contributed by atoms with van der Waals surface area (Å²) in [6.45, 7) is 0. The van der Waals surface area contributed by atoms with Crippen LogP contribution >= 0.6 is 0 Å². The van der Waals surface area contributed by atoms with E-state index in [1.54, 1.807) is 17.9 Å². The van der Waals surface area contributed by atoms with Gasteiger partial charge in [0.05, 0.1) is 17.6 Å². The zero-order valence-corrected chi connectivity index (χ0v) is 8.04. The molecule has 0 saturated carbocycles. The van der Waals surface area contributed by atoms with Crippen LogP contribution in [0.5, 0.6) is 0 Å². The number of hydrogen-bond donors (Lipinski definition) is 1. The third-order valence-corrected chi connectivity index (χ3v) is 1.94. The van der Waals surface area contributed by atoms with E-state index in [1.165, 1.54) is 18.3 Å². The molecule has 1 aromatic heterocycles. The molecule has 3 nitrogen and oxygen atoms in total. The number of nitrogens with one attached hydrogen (secondary N) is 1. The fourth-order valence-corrected chi connectivity index (χ4v) is 1.24. The molecule has 5 heteroatoms. The van der Waals surface area contributed by atoms with E-state index >= 15 is 0 Å². The van der Waals surface area contributed by atoms with Gasteiger partial charge < -0.3 is 5.32 Å². The molecular formula is C10H9F2N3. The second-order valence-corrected chi connectivity index (χ2v) is 3.13. The molecule has 0 aliphatic heterocycles. The van der Waals surface area contributed by atoms with Gasteiger partial charge in [-0.25, -0.2) is 8.78 Å². The van der Waals surface area contributed by atoms with Crippen molar-refractivity contribution >= 4 is 11.4 Å². The van der Waals surface area contributed by atoms with Crippen molar-refractivity contribution in [1.82, 2.24) is 9.78 Å². The van der Waals surface area contributed by atoms with Gasteiger partial charge in [-0.2, -0.15) is 5.10 Å². The van der Waals surface area contributed by atoms with Crippen LogP contribution in [0.1, 0.15) is 0 Å². The van der Waals surface area contributed by atoms with E-state index in [9.17, 15) is 8.78 Å². The Morgan fingerprint density at radius 2 is 2.13 bits per heavy atom. The van der Waals surface area contributed by atoms with Gasteiger partial charge in [0.15, 0.2) is 11.6 Å². The molecule has 2 aromatic rings. The monoisotopic (exact) mass is 209 g/mol. The quantitative estimate of drug-likeness (QED) is 0.823. The Balaban J connectivity index is 2.28. The highest BCUT2D eigenvalue weighted by Gasteiger charge is 2.07. The summed E-state index contributed by atoms with van der Waals surface area (Å²) < 4.78 is 27.6. The van der Waals surface area contributed by atoms with Crippen molar-refractivity contribution in [2.75, 3.05) is 5.32 Å². The lowest BCUT2D eigenvalue weighted by molar-refractivity contribution is 0.512. The standard InChI is InChI=1S/C10H9F2N3/c1-15-6-7(5-13-15)14-9-4-2-3-8(11)10(9)12/h2-6,14H,1H3. The first-order chi connectivity index (χ1) is 7.16. The molecule has 2 rings (SSSR count). The van der Waals surface area contributed by atoms with Gasteiger partial charge in [0.1, 0.15) is 0 Å². The summed E-state index contributed by atoms with van der Waals surface area (Å²) in [5.74, 6) is -1.76. The van der Waals surface area contributed by atoms with Crippen LogP contribution in [0.3, 0.4) is 0 Å². The minimum absolute atomic E-state index is 0.100. The molecular weight excluding hydrogens is 200 g/mol. The maximum Gasteiger partial charge on any atom is 0.182 e. The van der Waals surface area contributed by atoms with E-state index in [2.05, 4.69) is 10.4 Å². The third-order valence-electron chi connectivity index (χ3n) is 1.94. The molecule has 1 aromatic carbocycles. The van der Waals surface area contributed by atoms with Crippen molar-refractivity contribution < 1.29 is 8.78 Å². The van der Waals surface area contributed by atoms with Crippen molar-refractivity contribution in [3.05, 3.63) is 42.2 Å². The summed E-state index contributed by atoms with van der Waals surface area (Å²) in [6, 6.07) is 3.98. The molecule has 0 saturated heterocycles. The SMILES string of the molecule is Cn1cc(Nc2cccc(F)c2F)cn1. The first-order valence-corrected chi connectivity index (χ1v) is 4.36. The summed E-state index contributed by atoms with van der Waals surface area (Å²) in [7, 11) is 1.74. The predicted molar refractivity (Wildman–Crippen MR) is 52.8 cm³/mol. The minimum Gasteiger partial charge on any atom is -0.350 e. The van der Waals surface area contributed by atoms with Crippen molar-refractivity contribution in [2.24, 2.45) is 7.05 Å². The maximum atomic E-state index is 13.2. The largest absolute Gasteiger partial charge is 0.350 e. The van der Waals surface area contributed by atoms with Gasteiger partial charge in [-0.3, -0.25) is 4.68 Å². The van der Waals surface area contributed by atoms with Crippen LogP contribution in [0, 0.1) is 11.6 Å². The van der Waals surface area contributed by atoms with Gasteiger partial charge in [0.25, 0.3) is 0 Å². The van der Waals surface area contributed by atoms with Crippen molar-refractivity contribution in [1.29, 1.82) is 0 Å². The highest BCUT2D eigenvalue weighted by Crippen LogP contribution is 2.20. The number of halogens is 2. The average molecular weight is 209 g/mol. The predicted octanol–water partition coefficient (Wildman–Crippen LogP) is 2.44. The van der Waals surface area contributed by atoms with Crippen LogP contribution < -0.4 is 5.32 Å². The lowest BCUT2D eigenvalue weighted by atomic mass is 10.3. The summed E-state index contributed by atoms with van der Waals surface area (Å²) in [5.41, 5.74) is 0.713. The van der Waals surface area contributed by atoms with E-state index in [0.29, 0.717) is 5.69 Å². The molecule has 0 radical (unpaired) electrons. The molecule has 15 heavy (non-hydrogen) atoms. The highest BCUT2D eigenvalue weighted by atomic mass is 19.2. The summed E-state index contributed by atoms with van der Waals surface area (Å²) in [5, 5.41) is 6.64. The van der Waals surface area contributed by atoms with Crippen LogP contribution in [-0.2, 0) is 7.05 Å². The van der Waals surface area contributed by atoms with Crippen LogP contribution in [0.15, 0.2) is 30.6 Å². The van der Waals surface area contributed by atoms with Crippen LogP contribution in [0.4, 0.5) is 20.2 Å². The number of nitrogens with zero attached hydrogens (tertiary/aromatic N) is 2. The smallest absolute Gasteiger partial charge is 0.182 e. The van der Waals surface area contributed by atoms with E-state index in [-0.39, 0.29) is 5.69 Å². The molecule has 0 bridgehead atoms. The maximum absolute atomic E-state index is 13.2. The molecule has 0 amide bonds. The van der Waals surface area contributed by atoms with E-state index in [4.69, 9.17) is 0 Å². The Morgan fingerprint density at radius 3 is 2.80 bits per heavy atom. The number of aromatic nitrogens is 2.